The van der Waals surface area contributed by atoms with Crippen LogP contribution in [0.2, 0.25) is 0 Å². The van der Waals surface area contributed by atoms with Gasteiger partial charge in [0.1, 0.15) is 12.4 Å². The SMILES string of the molecule is CCOCCOC(=O)C1=C(C)NC2=C(C(=O)CC(c3cccs3)C2)C1c1ccc(OC)cc1. The maximum atomic E-state index is 13.5. The summed E-state index contributed by atoms with van der Waals surface area (Å²) >= 11 is 1.68. The number of benzene rings is 1. The monoisotopic (exact) mass is 467 g/mol. The Morgan fingerprint density at radius 1 is 1.15 bits per heavy atom. The van der Waals surface area contributed by atoms with Gasteiger partial charge in [0.15, 0.2) is 5.78 Å². The van der Waals surface area contributed by atoms with Crippen molar-refractivity contribution in [2.24, 2.45) is 0 Å². The maximum absolute atomic E-state index is 13.5. The fraction of sp³-hybridized carbons (Fsp3) is 0.385. The van der Waals surface area contributed by atoms with Gasteiger partial charge in [-0.1, -0.05) is 18.2 Å². The summed E-state index contributed by atoms with van der Waals surface area (Å²) < 4.78 is 16.1. The number of carbonyl (C=O) groups is 2. The summed E-state index contributed by atoms with van der Waals surface area (Å²) in [5, 5.41) is 5.42. The van der Waals surface area contributed by atoms with Gasteiger partial charge in [0.25, 0.3) is 0 Å². The first kappa shape index (κ1) is 23.3. The average Bonchev–Trinajstić information content (AvgIpc) is 3.36. The van der Waals surface area contributed by atoms with Crippen molar-refractivity contribution >= 4 is 23.1 Å². The largest absolute Gasteiger partial charge is 0.497 e. The van der Waals surface area contributed by atoms with Crippen molar-refractivity contribution in [1.82, 2.24) is 5.32 Å². The van der Waals surface area contributed by atoms with Crippen molar-refractivity contribution in [3.8, 4) is 5.75 Å². The van der Waals surface area contributed by atoms with E-state index >= 15 is 0 Å². The Labute approximate surface area is 198 Å². The first-order valence-corrected chi connectivity index (χ1v) is 12.1. The van der Waals surface area contributed by atoms with Crippen molar-refractivity contribution < 1.29 is 23.8 Å². The minimum atomic E-state index is -0.483. The highest BCUT2D eigenvalue weighted by Crippen LogP contribution is 2.46. The van der Waals surface area contributed by atoms with Crippen molar-refractivity contribution in [3.05, 3.63) is 74.8 Å². The molecule has 0 amide bonds. The van der Waals surface area contributed by atoms with E-state index < -0.39 is 11.9 Å². The van der Waals surface area contributed by atoms with Gasteiger partial charge in [0.2, 0.25) is 0 Å². The molecule has 33 heavy (non-hydrogen) atoms. The molecule has 7 heteroatoms. The summed E-state index contributed by atoms with van der Waals surface area (Å²) in [5.41, 5.74) is 3.61. The van der Waals surface area contributed by atoms with E-state index in [1.54, 1.807) is 18.4 Å². The molecule has 2 aliphatic rings. The summed E-state index contributed by atoms with van der Waals surface area (Å²) in [5.74, 6) is 0.0165. The van der Waals surface area contributed by atoms with Crippen LogP contribution in [0, 0.1) is 0 Å². The zero-order chi connectivity index (χ0) is 23.4. The van der Waals surface area contributed by atoms with Gasteiger partial charge in [0.05, 0.1) is 19.3 Å². The van der Waals surface area contributed by atoms with Crippen LogP contribution in [0.1, 0.15) is 49.0 Å². The average molecular weight is 468 g/mol. The van der Waals surface area contributed by atoms with Crippen LogP contribution in [0.4, 0.5) is 0 Å². The second kappa shape index (κ2) is 10.4. The topological polar surface area (TPSA) is 73.9 Å². The molecule has 174 valence electrons. The number of thiophene rings is 1. The smallest absolute Gasteiger partial charge is 0.336 e. The lowest BCUT2D eigenvalue weighted by atomic mass is 9.72. The Morgan fingerprint density at radius 3 is 2.61 bits per heavy atom. The lowest BCUT2D eigenvalue weighted by molar-refractivity contribution is -0.140. The number of hydrogen-bond acceptors (Lipinski definition) is 7. The number of ether oxygens (including phenoxy) is 3. The highest BCUT2D eigenvalue weighted by Gasteiger charge is 2.41. The minimum Gasteiger partial charge on any atom is -0.497 e. The zero-order valence-electron chi connectivity index (χ0n) is 19.2. The highest BCUT2D eigenvalue weighted by molar-refractivity contribution is 7.10. The number of methoxy groups -OCH3 is 1. The van der Waals surface area contributed by atoms with Gasteiger partial charge in [-0.15, -0.1) is 11.3 Å². The van der Waals surface area contributed by atoms with E-state index in [1.165, 1.54) is 4.88 Å². The van der Waals surface area contributed by atoms with Crippen LogP contribution in [0.3, 0.4) is 0 Å². The van der Waals surface area contributed by atoms with Crippen LogP contribution in [0.5, 0.6) is 5.75 Å². The molecule has 2 aromatic rings. The molecule has 2 heterocycles. The first-order chi connectivity index (χ1) is 16.0. The maximum Gasteiger partial charge on any atom is 0.336 e. The molecule has 1 aromatic carbocycles. The van der Waals surface area contributed by atoms with E-state index in [4.69, 9.17) is 14.2 Å². The minimum absolute atomic E-state index is 0.0649. The van der Waals surface area contributed by atoms with Gasteiger partial charge in [-0.05, 0) is 49.4 Å². The number of carbonyl (C=O) groups excluding carboxylic acids is 2. The van der Waals surface area contributed by atoms with Gasteiger partial charge in [-0.25, -0.2) is 4.79 Å². The first-order valence-electron chi connectivity index (χ1n) is 11.2. The number of Topliss-reactive ketones (excluding diaryl/α,β-unsaturated/α-hetero) is 1. The molecule has 0 radical (unpaired) electrons. The number of esters is 1. The van der Waals surface area contributed by atoms with Crippen LogP contribution in [0.25, 0.3) is 0 Å². The van der Waals surface area contributed by atoms with Crippen molar-refractivity contribution in [1.29, 1.82) is 0 Å². The normalized spacial score (nSPS) is 20.4. The van der Waals surface area contributed by atoms with E-state index in [2.05, 4.69) is 11.4 Å². The lowest BCUT2D eigenvalue weighted by Gasteiger charge is -2.36. The van der Waals surface area contributed by atoms with Crippen LogP contribution in [-0.4, -0.2) is 38.7 Å². The summed E-state index contributed by atoms with van der Waals surface area (Å²) in [4.78, 5) is 27.9. The molecule has 1 aromatic heterocycles. The Morgan fingerprint density at radius 2 is 1.94 bits per heavy atom. The van der Waals surface area contributed by atoms with Gasteiger partial charge in [-0.3, -0.25) is 4.79 Å². The second-order valence-electron chi connectivity index (χ2n) is 8.14. The lowest BCUT2D eigenvalue weighted by Crippen LogP contribution is -2.36. The summed E-state index contributed by atoms with van der Waals surface area (Å²) in [6.45, 7) is 4.83. The fourth-order valence-corrected chi connectivity index (χ4v) is 5.41. The van der Waals surface area contributed by atoms with Gasteiger partial charge in [-0.2, -0.15) is 0 Å². The standard InChI is InChI=1S/C26H29NO5S/c1-4-31-11-12-32-26(29)23-16(2)27-20-14-18(22-6-5-13-33-22)15-21(28)25(20)24(23)17-7-9-19(30-3)10-8-17/h5-10,13,18,24,27H,4,11-12,14-15H2,1-3H3. The predicted molar refractivity (Wildman–Crippen MR) is 127 cm³/mol. The van der Waals surface area contributed by atoms with Gasteiger partial charge < -0.3 is 19.5 Å². The van der Waals surface area contributed by atoms with E-state index in [0.717, 1.165) is 29.1 Å². The highest BCUT2D eigenvalue weighted by atomic mass is 32.1. The van der Waals surface area contributed by atoms with Crippen molar-refractivity contribution in [3.63, 3.8) is 0 Å². The Hall–Kier alpha value is -2.90. The molecular weight excluding hydrogens is 438 g/mol. The molecule has 0 bridgehead atoms. The van der Waals surface area contributed by atoms with Crippen LogP contribution in [-0.2, 0) is 19.1 Å². The van der Waals surface area contributed by atoms with Crippen molar-refractivity contribution in [2.45, 2.75) is 38.5 Å². The third kappa shape index (κ3) is 4.89. The fourth-order valence-electron chi connectivity index (χ4n) is 4.58. The number of dihydropyridines is 1. The number of ketones is 1. The third-order valence-corrected chi connectivity index (χ3v) is 7.14. The van der Waals surface area contributed by atoms with Gasteiger partial charge in [0, 0.05) is 46.7 Å². The molecule has 2 unspecified atom stereocenters. The number of nitrogens with one attached hydrogen (secondary N) is 1. The molecule has 2 atom stereocenters. The predicted octanol–water partition coefficient (Wildman–Crippen LogP) is 4.70. The van der Waals surface area contributed by atoms with Crippen molar-refractivity contribution in [2.75, 3.05) is 26.9 Å². The molecule has 0 saturated carbocycles. The van der Waals surface area contributed by atoms with E-state index in [-0.39, 0.29) is 18.3 Å². The molecule has 1 aliphatic carbocycles. The number of rotatable bonds is 8. The summed E-state index contributed by atoms with van der Waals surface area (Å²) in [7, 11) is 1.61. The Bertz CT molecular complexity index is 1070. The molecule has 6 nitrogen and oxygen atoms in total. The molecule has 0 fully saturated rings. The zero-order valence-corrected chi connectivity index (χ0v) is 20.0. The number of allylic oxidation sites excluding steroid dienone is 3. The van der Waals surface area contributed by atoms with E-state index in [9.17, 15) is 9.59 Å². The summed E-state index contributed by atoms with van der Waals surface area (Å²) in [6.07, 6.45) is 1.16. The molecule has 4 rings (SSSR count). The van der Waals surface area contributed by atoms with E-state index in [0.29, 0.717) is 30.8 Å². The Kier molecular flexibility index (Phi) is 7.30. The molecule has 1 N–H and O–H groups in total. The van der Waals surface area contributed by atoms with E-state index in [1.807, 2.05) is 49.6 Å². The van der Waals surface area contributed by atoms with Gasteiger partial charge >= 0.3 is 5.97 Å². The molecular formula is C26H29NO5S. The molecule has 1 aliphatic heterocycles. The van der Waals surface area contributed by atoms with Crippen LogP contribution < -0.4 is 10.1 Å². The van der Waals surface area contributed by atoms with Crippen LogP contribution in [0.15, 0.2) is 64.3 Å². The summed E-state index contributed by atoms with van der Waals surface area (Å²) in [6, 6.07) is 11.6. The molecule has 0 spiro atoms. The number of hydrogen-bond donors (Lipinski definition) is 1. The quantitative estimate of drug-likeness (QED) is 0.448. The van der Waals surface area contributed by atoms with Crippen LogP contribution >= 0.6 is 11.3 Å². The molecule has 0 saturated heterocycles. The third-order valence-electron chi connectivity index (χ3n) is 6.11. The Balaban J connectivity index is 1.71. The second-order valence-corrected chi connectivity index (χ2v) is 9.12.